The molecule has 4 heterocycles. The molecular weight excluding hydrogens is 288 g/mol. The van der Waals surface area contributed by atoms with Crippen LogP contribution in [0.3, 0.4) is 0 Å². The summed E-state index contributed by atoms with van der Waals surface area (Å²) in [6.45, 7) is 0. The number of carbonyl (C=O) groups is 1. The molecular formula is C18H18N4O. The summed E-state index contributed by atoms with van der Waals surface area (Å²) in [5.41, 5.74) is 2.52. The van der Waals surface area contributed by atoms with Gasteiger partial charge >= 0.3 is 0 Å². The third-order valence-corrected chi connectivity index (χ3v) is 5.24. The number of rotatable bonds is 2. The maximum absolute atomic E-state index is 12.6. The van der Waals surface area contributed by atoms with Crippen molar-refractivity contribution in [1.82, 2.24) is 20.6 Å². The molecule has 0 spiro atoms. The van der Waals surface area contributed by atoms with E-state index in [4.69, 9.17) is 0 Å². The molecule has 3 aromatic rings. The molecule has 3 atom stereocenters. The number of nitrogens with zero attached hydrogens (tertiary/aromatic N) is 1. The zero-order valence-corrected chi connectivity index (χ0v) is 12.7. The largest absolute Gasteiger partial charge is 0.353 e. The first-order chi connectivity index (χ1) is 11.3. The normalized spacial score (nSPS) is 26.2. The first kappa shape index (κ1) is 13.1. The Hall–Kier alpha value is -2.40. The predicted octanol–water partition coefficient (Wildman–Crippen LogP) is 2.34. The minimum Gasteiger partial charge on any atom is -0.353 e. The molecule has 0 radical (unpaired) electrons. The molecule has 1 amide bonds. The summed E-state index contributed by atoms with van der Waals surface area (Å²) in [7, 11) is 0. The topological polar surface area (TPSA) is 69.8 Å². The van der Waals surface area contributed by atoms with Crippen LogP contribution < -0.4 is 10.6 Å². The van der Waals surface area contributed by atoms with E-state index in [0.717, 1.165) is 34.6 Å². The van der Waals surface area contributed by atoms with E-state index < -0.39 is 0 Å². The Kier molecular flexibility index (Phi) is 2.73. The molecule has 0 aliphatic carbocycles. The Morgan fingerprint density at radius 1 is 1.17 bits per heavy atom. The molecule has 5 heteroatoms. The van der Waals surface area contributed by atoms with Crippen molar-refractivity contribution in [2.45, 2.75) is 37.4 Å². The van der Waals surface area contributed by atoms with Crippen LogP contribution in [-0.4, -0.2) is 34.0 Å². The summed E-state index contributed by atoms with van der Waals surface area (Å²) >= 11 is 0. The molecule has 2 aliphatic heterocycles. The minimum atomic E-state index is -0.0727. The predicted molar refractivity (Wildman–Crippen MR) is 89.4 cm³/mol. The third kappa shape index (κ3) is 2.04. The molecule has 0 saturated carbocycles. The summed E-state index contributed by atoms with van der Waals surface area (Å²) in [4.78, 5) is 20.2. The van der Waals surface area contributed by atoms with E-state index in [9.17, 15) is 4.79 Å². The molecule has 2 aliphatic rings. The van der Waals surface area contributed by atoms with E-state index in [2.05, 4.69) is 26.7 Å². The van der Waals surface area contributed by atoms with Crippen molar-refractivity contribution in [3.63, 3.8) is 0 Å². The molecule has 2 fully saturated rings. The maximum Gasteiger partial charge on any atom is 0.270 e. The van der Waals surface area contributed by atoms with Gasteiger partial charge in [-0.2, -0.15) is 0 Å². The highest BCUT2D eigenvalue weighted by molar-refractivity contribution is 6.09. The number of nitrogens with one attached hydrogen (secondary N) is 3. The van der Waals surface area contributed by atoms with Gasteiger partial charge in [-0.05, 0) is 31.4 Å². The van der Waals surface area contributed by atoms with Gasteiger partial charge in [0.25, 0.3) is 5.91 Å². The van der Waals surface area contributed by atoms with Crippen LogP contribution in [0.15, 0.2) is 36.5 Å². The summed E-state index contributed by atoms with van der Waals surface area (Å²) in [6.07, 6.45) is 5.18. The van der Waals surface area contributed by atoms with Crippen molar-refractivity contribution in [3.05, 3.63) is 42.2 Å². The van der Waals surface area contributed by atoms with Crippen molar-refractivity contribution in [2.24, 2.45) is 0 Å². The molecule has 5 nitrogen and oxygen atoms in total. The molecule has 0 unspecified atom stereocenters. The molecule has 3 N–H and O–H groups in total. The Morgan fingerprint density at radius 3 is 2.91 bits per heavy atom. The van der Waals surface area contributed by atoms with E-state index in [1.54, 1.807) is 6.20 Å². The van der Waals surface area contributed by atoms with Gasteiger partial charge < -0.3 is 15.6 Å². The Balaban J connectivity index is 1.47. The average molecular weight is 306 g/mol. The van der Waals surface area contributed by atoms with Crippen molar-refractivity contribution < 1.29 is 4.79 Å². The maximum atomic E-state index is 12.6. The zero-order valence-electron chi connectivity index (χ0n) is 12.7. The zero-order chi connectivity index (χ0) is 15.4. The second-order valence-corrected chi connectivity index (χ2v) is 6.65. The highest BCUT2D eigenvalue weighted by Crippen LogP contribution is 2.29. The molecule has 116 valence electrons. The molecule has 2 bridgehead atoms. The van der Waals surface area contributed by atoms with Crippen molar-refractivity contribution in [2.75, 3.05) is 0 Å². The monoisotopic (exact) mass is 306 g/mol. The smallest absolute Gasteiger partial charge is 0.270 e. The van der Waals surface area contributed by atoms with Gasteiger partial charge in [-0.1, -0.05) is 18.2 Å². The van der Waals surface area contributed by atoms with Gasteiger partial charge in [0.05, 0.1) is 11.7 Å². The lowest BCUT2D eigenvalue weighted by molar-refractivity contribution is 0.0926. The van der Waals surface area contributed by atoms with Gasteiger partial charge in [0.2, 0.25) is 0 Å². The lowest BCUT2D eigenvalue weighted by Crippen LogP contribution is -2.43. The van der Waals surface area contributed by atoms with Crippen molar-refractivity contribution in [1.29, 1.82) is 0 Å². The average Bonchev–Trinajstić information content (AvgIpc) is 3.27. The van der Waals surface area contributed by atoms with Crippen LogP contribution in [0.4, 0.5) is 0 Å². The van der Waals surface area contributed by atoms with Gasteiger partial charge in [-0.25, -0.2) is 4.98 Å². The minimum absolute atomic E-state index is 0.0727. The molecule has 2 saturated heterocycles. The Morgan fingerprint density at radius 2 is 2.09 bits per heavy atom. The summed E-state index contributed by atoms with van der Waals surface area (Å²) in [5.74, 6) is -0.0727. The van der Waals surface area contributed by atoms with Crippen LogP contribution in [0.2, 0.25) is 0 Å². The van der Waals surface area contributed by atoms with Gasteiger partial charge in [0.1, 0.15) is 5.69 Å². The standard InChI is InChI=1S/C18H18N4O/c23-18(22-15-7-10-5-6-14(15)20-10)16-8-12-11-3-1-2-4-13(11)21-17(12)9-19-16/h1-4,8-10,14-15,20-21H,5-7H2,(H,22,23)/t10-,14+,15-/m1/s1. The van der Waals surface area contributed by atoms with E-state index >= 15 is 0 Å². The number of fused-ring (bicyclic) bond motifs is 5. The van der Waals surface area contributed by atoms with Crippen molar-refractivity contribution in [3.8, 4) is 0 Å². The highest BCUT2D eigenvalue weighted by Gasteiger charge is 2.39. The fourth-order valence-electron chi connectivity index (χ4n) is 4.10. The van der Waals surface area contributed by atoms with Crippen LogP contribution in [0.1, 0.15) is 29.8 Å². The van der Waals surface area contributed by atoms with E-state index in [1.807, 2.05) is 24.3 Å². The van der Waals surface area contributed by atoms with E-state index in [0.29, 0.717) is 17.8 Å². The SMILES string of the molecule is O=C(N[C@@H]1C[C@H]2CC[C@@H]1N2)c1cc2c(cn1)[nH]c1ccccc12. The summed E-state index contributed by atoms with van der Waals surface area (Å²) < 4.78 is 0. The Labute approximate surface area is 133 Å². The van der Waals surface area contributed by atoms with Gasteiger partial charge in [0, 0.05) is 34.4 Å². The number of aromatic amines is 1. The number of hydrogen-bond acceptors (Lipinski definition) is 3. The van der Waals surface area contributed by atoms with Crippen LogP contribution in [0.25, 0.3) is 21.8 Å². The molecule has 2 aromatic heterocycles. The number of benzene rings is 1. The first-order valence-corrected chi connectivity index (χ1v) is 8.21. The highest BCUT2D eigenvalue weighted by atomic mass is 16.2. The van der Waals surface area contributed by atoms with Gasteiger partial charge in [-0.3, -0.25) is 4.79 Å². The number of hydrogen-bond donors (Lipinski definition) is 3. The van der Waals surface area contributed by atoms with Crippen LogP contribution in [-0.2, 0) is 0 Å². The Bertz CT molecular complexity index is 916. The fraction of sp³-hybridized carbons (Fsp3) is 0.333. The van der Waals surface area contributed by atoms with E-state index in [1.165, 1.54) is 6.42 Å². The summed E-state index contributed by atoms with van der Waals surface area (Å²) in [6, 6.07) is 11.3. The summed E-state index contributed by atoms with van der Waals surface area (Å²) in [5, 5.41) is 8.88. The molecule has 1 aromatic carbocycles. The van der Waals surface area contributed by atoms with Crippen molar-refractivity contribution >= 4 is 27.7 Å². The van der Waals surface area contributed by atoms with Crippen LogP contribution in [0.5, 0.6) is 0 Å². The number of aromatic nitrogens is 2. The molecule has 23 heavy (non-hydrogen) atoms. The fourth-order valence-corrected chi connectivity index (χ4v) is 4.10. The number of pyridine rings is 1. The number of amides is 1. The lowest BCUT2D eigenvalue weighted by Gasteiger charge is -2.21. The van der Waals surface area contributed by atoms with E-state index in [-0.39, 0.29) is 11.9 Å². The second-order valence-electron chi connectivity index (χ2n) is 6.65. The first-order valence-electron chi connectivity index (χ1n) is 8.21. The lowest BCUT2D eigenvalue weighted by atomic mass is 9.95. The quantitative estimate of drug-likeness (QED) is 0.680. The van der Waals surface area contributed by atoms with Gasteiger partial charge in [-0.15, -0.1) is 0 Å². The number of H-pyrrole nitrogens is 1. The second kappa shape index (κ2) is 4.80. The van der Waals surface area contributed by atoms with Crippen LogP contribution in [0, 0.1) is 0 Å². The number of carbonyl (C=O) groups excluding carboxylic acids is 1. The third-order valence-electron chi connectivity index (χ3n) is 5.24. The van der Waals surface area contributed by atoms with Crippen LogP contribution >= 0.6 is 0 Å². The molecule has 5 rings (SSSR count). The number of para-hydroxylation sites is 1. The van der Waals surface area contributed by atoms with Gasteiger partial charge in [0.15, 0.2) is 0 Å².